The van der Waals surface area contributed by atoms with Gasteiger partial charge >= 0.3 is 0 Å². The minimum Gasteiger partial charge on any atom is -0.337 e. The summed E-state index contributed by atoms with van der Waals surface area (Å²) in [6.45, 7) is 6.38. The lowest BCUT2D eigenvalue weighted by Gasteiger charge is -2.26. The van der Waals surface area contributed by atoms with Crippen LogP contribution in [0.5, 0.6) is 0 Å². The summed E-state index contributed by atoms with van der Waals surface area (Å²) in [5, 5.41) is 0. The molecule has 0 aromatic heterocycles. The molecule has 1 saturated heterocycles. The van der Waals surface area contributed by atoms with Gasteiger partial charge in [0.1, 0.15) is 6.17 Å². The lowest BCUT2D eigenvalue weighted by molar-refractivity contribution is -0.130. The first kappa shape index (κ1) is 20.4. The van der Waals surface area contributed by atoms with E-state index in [0.29, 0.717) is 18.9 Å². The molecule has 0 aliphatic carbocycles. The quantitative estimate of drug-likeness (QED) is 0.409. The number of alkyl halides is 1. The normalized spacial score (nSPS) is 22.5. The van der Waals surface area contributed by atoms with Crippen LogP contribution in [0.15, 0.2) is 0 Å². The fourth-order valence-electron chi connectivity index (χ4n) is 3.91. The van der Waals surface area contributed by atoms with E-state index in [1.54, 1.807) is 11.8 Å². The average molecular weight is 328 g/mol. The van der Waals surface area contributed by atoms with Crippen LogP contribution in [0, 0.1) is 5.92 Å². The van der Waals surface area contributed by atoms with E-state index in [0.717, 1.165) is 12.8 Å². The maximum Gasteiger partial charge on any atom is 0.219 e. The number of likely N-dealkylation sites (tertiary alicyclic amines) is 1. The predicted molar refractivity (Wildman–Crippen MR) is 96.3 cm³/mol. The summed E-state index contributed by atoms with van der Waals surface area (Å²) >= 11 is 0. The Morgan fingerprint density at radius 2 is 1.70 bits per heavy atom. The summed E-state index contributed by atoms with van der Waals surface area (Å²) in [5.41, 5.74) is 0. The summed E-state index contributed by atoms with van der Waals surface area (Å²) in [5.74, 6) is 0.685. The largest absolute Gasteiger partial charge is 0.337 e. The molecule has 3 atom stereocenters. The molecule has 2 nitrogen and oxygen atoms in total. The number of hydrogen-bond acceptors (Lipinski definition) is 1. The second-order valence-corrected chi connectivity index (χ2v) is 7.43. The topological polar surface area (TPSA) is 20.3 Å². The molecule has 3 heteroatoms. The predicted octanol–water partition coefficient (Wildman–Crippen LogP) is 5.89. The summed E-state index contributed by atoms with van der Waals surface area (Å²) in [6.07, 6.45) is 13.9. The monoisotopic (exact) mass is 327 g/mol. The van der Waals surface area contributed by atoms with Gasteiger partial charge in [-0.1, -0.05) is 78.1 Å². The molecule has 1 aliphatic rings. The van der Waals surface area contributed by atoms with Crippen molar-refractivity contribution in [1.29, 1.82) is 0 Å². The number of unbranched alkanes of at least 4 members (excludes halogenated alkanes) is 7. The maximum absolute atomic E-state index is 13.6. The average Bonchev–Trinajstić information content (AvgIpc) is 2.89. The van der Waals surface area contributed by atoms with Gasteiger partial charge in [-0.05, 0) is 12.3 Å². The van der Waals surface area contributed by atoms with Crippen molar-refractivity contribution in [3.63, 3.8) is 0 Å². The van der Waals surface area contributed by atoms with Crippen LogP contribution in [0.4, 0.5) is 4.39 Å². The van der Waals surface area contributed by atoms with Crippen molar-refractivity contribution in [2.75, 3.05) is 6.54 Å². The molecule has 3 unspecified atom stereocenters. The Hall–Kier alpha value is -0.600. The van der Waals surface area contributed by atoms with Crippen LogP contribution in [-0.2, 0) is 4.79 Å². The van der Waals surface area contributed by atoms with Gasteiger partial charge < -0.3 is 4.90 Å². The van der Waals surface area contributed by atoms with Crippen LogP contribution in [0.3, 0.4) is 0 Å². The van der Waals surface area contributed by atoms with E-state index >= 15 is 0 Å². The van der Waals surface area contributed by atoms with Gasteiger partial charge in [0.25, 0.3) is 0 Å². The zero-order valence-corrected chi connectivity index (χ0v) is 15.7. The molecule has 0 aromatic rings. The van der Waals surface area contributed by atoms with Crippen LogP contribution in [0.1, 0.15) is 97.8 Å². The van der Waals surface area contributed by atoms with E-state index in [4.69, 9.17) is 0 Å². The minimum absolute atomic E-state index is 0.0390. The fourth-order valence-corrected chi connectivity index (χ4v) is 3.91. The Kier molecular flexibility index (Phi) is 10.5. The molecule has 0 bridgehead atoms. The van der Waals surface area contributed by atoms with Crippen molar-refractivity contribution in [2.24, 2.45) is 5.92 Å². The minimum atomic E-state index is -0.815. The highest BCUT2D eigenvalue weighted by atomic mass is 19.1. The van der Waals surface area contributed by atoms with E-state index in [1.807, 2.05) is 0 Å². The molecule has 136 valence electrons. The third-order valence-electron chi connectivity index (χ3n) is 5.42. The SMILES string of the molecule is CCCCCCCCCCC(CC)CC1CC(F)CN1C(C)=O. The third-order valence-corrected chi connectivity index (χ3v) is 5.42. The van der Waals surface area contributed by atoms with Gasteiger partial charge in [0.05, 0.1) is 6.54 Å². The third kappa shape index (κ3) is 8.17. The molecule has 0 aromatic carbocycles. The Balaban J connectivity index is 2.17. The lowest BCUT2D eigenvalue weighted by atomic mass is 9.90. The highest BCUT2D eigenvalue weighted by molar-refractivity contribution is 5.74. The Morgan fingerprint density at radius 3 is 2.26 bits per heavy atom. The Labute approximate surface area is 143 Å². The van der Waals surface area contributed by atoms with Crippen molar-refractivity contribution in [2.45, 2.75) is 110 Å². The summed E-state index contributed by atoms with van der Waals surface area (Å²) < 4.78 is 13.6. The van der Waals surface area contributed by atoms with E-state index in [-0.39, 0.29) is 11.9 Å². The van der Waals surface area contributed by atoms with Crippen molar-refractivity contribution in [1.82, 2.24) is 4.90 Å². The van der Waals surface area contributed by atoms with E-state index in [2.05, 4.69) is 13.8 Å². The van der Waals surface area contributed by atoms with Crippen molar-refractivity contribution in [3.05, 3.63) is 0 Å². The standard InChI is InChI=1S/C20H38FNO/c1-4-6-7-8-9-10-11-12-13-18(5-2)14-20-15-19(21)16-22(20)17(3)23/h18-20H,4-16H2,1-3H3. The first-order valence-corrected chi connectivity index (χ1v) is 9.99. The molecule has 0 saturated carbocycles. The van der Waals surface area contributed by atoms with Crippen molar-refractivity contribution in [3.8, 4) is 0 Å². The first-order chi connectivity index (χ1) is 11.1. The van der Waals surface area contributed by atoms with Crippen molar-refractivity contribution < 1.29 is 9.18 Å². The second-order valence-electron chi connectivity index (χ2n) is 7.43. The molecule has 1 rings (SSSR count). The Morgan fingerprint density at radius 1 is 1.09 bits per heavy atom. The number of carbonyl (C=O) groups excluding carboxylic acids is 1. The van der Waals surface area contributed by atoms with Crippen LogP contribution in [0.25, 0.3) is 0 Å². The van der Waals surface area contributed by atoms with Crippen LogP contribution in [-0.4, -0.2) is 29.6 Å². The van der Waals surface area contributed by atoms with Gasteiger partial charge in [-0.3, -0.25) is 4.79 Å². The smallest absolute Gasteiger partial charge is 0.219 e. The molecule has 1 amide bonds. The van der Waals surface area contributed by atoms with Gasteiger partial charge in [-0.15, -0.1) is 0 Å². The number of halogens is 1. The molecule has 0 N–H and O–H groups in total. The number of carbonyl (C=O) groups is 1. The highest BCUT2D eigenvalue weighted by Crippen LogP contribution is 2.29. The van der Waals surface area contributed by atoms with Gasteiger partial charge in [0, 0.05) is 19.4 Å². The zero-order valence-electron chi connectivity index (χ0n) is 15.7. The molecule has 0 spiro atoms. The van der Waals surface area contributed by atoms with E-state index in [1.165, 1.54) is 57.8 Å². The molecular formula is C20H38FNO. The second kappa shape index (κ2) is 11.9. The van der Waals surface area contributed by atoms with Crippen LogP contribution >= 0.6 is 0 Å². The molecule has 1 heterocycles. The van der Waals surface area contributed by atoms with E-state index < -0.39 is 6.17 Å². The van der Waals surface area contributed by atoms with Crippen LogP contribution in [0.2, 0.25) is 0 Å². The molecule has 23 heavy (non-hydrogen) atoms. The lowest BCUT2D eigenvalue weighted by Crippen LogP contribution is -2.35. The maximum atomic E-state index is 13.6. The van der Waals surface area contributed by atoms with Gasteiger partial charge in [-0.2, -0.15) is 0 Å². The fraction of sp³-hybridized carbons (Fsp3) is 0.950. The summed E-state index contributed by atoms with van der Waals surface area (Å²) in [6, 6.07) is 0.140. The first-order valence-electron chi connectivity index (χ1n) is 9.99. The van der Waals surface area contributed by atoms with Gasteiger partial charge in [0.15, 0.2) is 0 Å². The van der Waals surface area contributed by atoms with Crippen molar-refractivity contribution >= 4 is 5.91 Å². The summed E-state index contributed by atoms with van der Waals surface area (Å²) in [7, 11) is 0. The molecule has 1 fully saturated rings. The molecular weight excluding hydrogens is 289 g/mol. The molecule has 0 radical (unpaired) electrons. The Bertz CT molecular complexity index is 321. The van der Waals surface area contributed by atoms with E-state index in [9.17, 15) is 9.18 Å². The van der Waals surface area contributed by atoms with Gasteiger partial charge in [-0.25, -0.2) is 4.39 Å². The number of nitrogens with zero attached hydrogens (tertiary/aromatic N) is 1. The van der Waals surface area contributed by atoms with Gasteiger partial charge in [0.2, 0.25) is 5.91 Å². The zero-order chi connectivity index (χ0) is 17.1. The number of rotatable bonds is 12. The summed E-state index contributed by atoms with van der Waals surface area (Å²) in [4.78, 5) is 13.4. The number of hydrogen-bond donors (Lipinski definition) is 0. The van der Waals surface area contributed by atoms with Crippen LogP contribution < -0.4 is 0 Å². The molecule has 1 aliphatic heterocycles. The highest BCUT2D eigenvalue weighted by Gasteiger charge is 2.34. The number of amides is 1.